The summed E-state index contributed by atoms with van der Waals surface area (Å²) in [6.07, 6.45) is 6.92. The van der Waals surface area contributed by atoms with Crippen LogP contribution in [0.5, 0.6) is 0 Å². The lowest BCUT2D eigenvalue weighted by Gasteiger charge is -2.11. The molecule has 1 aliphatic rings. The number of H-pyrrole nitrogens is 1. The average Bonchev–Trinajstić information content (AvgIpc) is 3.29. The van der Waals surface area contributed by atoms with Crippen molar-refractivity contribution in [3.05, 3.63) is 45.9 Å². The molecule has 1 aromatic carbocycles. The smallest absolute Gasteiger partial charge is 0.262 e. The third-order valence-electron chi connectivity index (χ3n) is 5.17. The van der Waals surface area contributed by atoms with Crippen LogP contribution in [0.2, 0.25) is 0 Å². The fourth-order valence-corrected chi connectivity index (χ4v) is 3.84. The van der Waals surface area contributed by atoms with Crippen molar-refractivity contribution in [1.29, 1.82) is 0 Å². The van der Waals surface area contributed by atoms with Crippen molar-refractivity contribution in [2.75, 3.05) is 26.2 Å². The molecule has 136 valence electrons. The molecule has 0 atom stereocenters. The van der Waals surface area contributed by atoms with Gasteiger partial charge in [-0.3, -0.25) is 14.8 Å². The minimum atomic E-state index is -0.106. The molecule has 1 fully saturated rings. The minimum Gasteiger partial charge on any atom is -0.395 e. The molecule has 1 aliphatic heterocycles. The molecule has 0 bridgehead atoms. The van der Waals surface area contributed by atoms with E-state index in [0.717, 1.165) is 28.7 Å². The molecular formula is C20H24N4O2. The normalized spacial score (nSPS) is 15.8. The number of aromatic nitrogens is 3. The van der Waals surface area contributed by atoms with E-state index in [0.29, 0.717) is 10.9 Å². The van der Waals surface area contributed by atoms with Gasteiger partial charge in [0.25, 0.3) is 5.56 Å². The van der Waals surface area contributed by atoms with E-state index in [-0.39, 0.29) is 18.7 Å². The van der Waals surface area contributed by atoms with Gasteiger partial charge < -0.3 is 9.67 Å². The number of aryl methyl sites for hydroxylation is 1. The molecule has 0 spiro atoms. The van der Waals surface area contributed by atoms with Crippen LogP contribution in [0, 0.1) is 6.92 Å². The summed E-state index contributed by atoms with van der Waals surface area (Å²) in [4.78, 5) is 15.2. The van der Waals surface area contributed by atoms with Gasteiger partial charge in [0, 0.05) is 24.2 Å². The molecule has 1 saturated heterocycles. The Balaban J connectivity index is 1.79. The van der Waals surface area contributed by atoms with Crippen LogP contribution in [-0.2, 0) is 6.54 Å². The molecule has 0 aliphatic carbocycles. The van der Waals surface area contributed by atoms with Crippen LogP contribution < -0.4 is 5.56 Å². The zero-order valence-electron chi connectivity index (χ0n) is 15.0. The molecule has 3 aromatic rings. The van der Waals surface area contributed by atoms with Gasteiger partial charge in [0.15, 0.2) is 0 Å². The number of hydrogen-bond acceptors (Lipinski definition) is 4. The van der Waals surface area contributed by atoms with Crippen LogP contribution in [0.15, 0.2) is 29.1 Å². The Morgan fingerprint density at radius 3 is 2.88 bits per heavy atom. The fraction of sp³-hybridized carbons (Fsp3) is 0.400. The van der Waals surface area contributed by atoms with Crippen molar-refractivity contribution in [1.82, 2.24) is 19.7 Å². The molecule has 2 aromatic heterocycles. The van der Waals surface area contributed by atoms with Crippen molar-refractivity contribution >= 4 is 27.9 Å². The molecule has 26 heavy (non-hydrogen) atoms. The third-order valence-corrected chi connectivity index (χ3v) is 5.17. The largest absolute Gasteiger partial charge is 0.395 e. The molecule has 2 N–H and O–H groups in total. The van der Waals surface area contributed by atoms with Crippen molar-refractivity contribution in [3.63, 3.8) is 0 Å². The van der Waals surface area contributed by atoms with Crippen LogP contribution in [0.4, 0.5) is 0 Å². The van der Waals surface area contributed by atoms with Crippen LogP contribution in [0.25, 0.3) is 27.9 Å². The Hall–Kier alpha value is -2.44. The summed E-state index contributed by atoms with van der Waals surface area (Å²) in [5.74, 6) is 0. The van der Waals surface area contributed by atoms with Gasteiger partial charge in [-0.25, -0.2) is 0 Å². The number of hydrogen-bond donors (Lipinski definition) is 2. The van der Waals surface area contributed by atoms with Crippen LogP contribution >= 0.6 is 0 Å². The first kappa shape index (κ1) is 17.0. The summed E-state index contributed by atoms with van der Waals surface area (Å²) in [7, 11) is 0. The van der Waals surface area contributed by atoms with Gasteiger partial charge in [-0.05, 0) is 50.6 Å². The maximum Gasteiger partial charge on any atom is 0.262 e. The molecular weight excluding hydrogens is 328 g/mol. The molecule has 0 amide bonds. The van der Waals surface area contributed by atoms with Crippen molar-refractivity contribution in [3.8, 4) is 0 Å². The number of aromatic amines is 1. The maximum absolute atomic E-state index is 12.8. The van der Waals surface area contributed by atoms with Crippen LogP contribution in [-0.4, -0.2) is 51.0 Å². The summed E-state index contributed by atoms with van der Waals surface area (Å²) < 4.78 is 1.64. The lowest BCUT2D eigenvalue weighted by Crippen LogP contribution is -2.22. The predicted octanol–water partition coefficient (Wildman–Crippen LogP) is 2.29. The summed E-state index contributed by atoms with van der Waals surface area (Å²) in [5.41, 5.74) is 3.25. The molecule has 0 unspecified atom stereocenters. The predicted molar refractivity (Wildman–Crippen MR) is 104 cm³/mol. The number of aliphatic hydroxyl groups excluding tert-OH is 1. The third kappa shape index (κ3) is 2.95. The number of rotatable bonds is 5. The van der Waals surface area contributed by atoms with Crippen LogP contribution in [0.1, 0.15) is 24.1 Å². The van der Waals surface area contributed by atoms with E-state index in [9.17, 15) is 9.90 Å². The molecule has 4 rings (SSSR count). The summed E-state index contributed by atoms with van der Waals surface area (Å²) in [5, 5.41) is 18.2. The highest BCUT2D eigenvalue weighted by Crippen LogP contribution is 2.24. The minimum absolute atomic E-state index is 0.0745. The van der Waals surface area contributed by atoms with E-state index < -0.39 is 0 Å². The van der Waals surface area contributed by atoms with E-state index in [1.165, 1.54) is 25.9 Å². The second kappa shape index (κ2) is 7.05. The first-order valence-electron chi connectivity index (χ1n) is 9.20. The SMILES string of the molecule is Cc1[nH]nc2c1c(=O)n(CCO)c1ccc(C=CCN3CCCC3)cc21. The standard InChI is InChI=1S/C20H24N4O2/c1-14-18-19(22-21-14)16-13-15(5-4-10-23-8-2-3-9-23)6-7-17(16)24(11-12-25)20(18)26/h4-7,13,25H,2-3,8-12H2,1H3,(H,21,22). The Morgan fingerprint density at radius 2 is 2.12 bits per heavy atom. The topological polar surface area (TPSA) is 74.1 Å². The number of pyridine rings is 1. The highest BCUT2D eigenvalue weighted by atomic mass is 16.3. The van der Waals surface area contributed by atoms with Crippen molar-refractivity contribution in [2.24, 2.45) is 0 Å². The highest BCUT2D eigenvalue weighted by molar-refractivity contribution is 6.04. The average molecular weight is 352 g/mol. The van der Waals surface area contributed by atoms with E-state index >= 15 is 0 Å². The van der Waals surface area contributed by atoms with E-state index in [4.69, 9.17) is 0 Å². The second-order valence-electron chi connectivity index (χ2n) is 6.94. The highest BCUT2D eigenvalue weighted by Gasteiger charge is 2.15. The van der Waals surface area contributed by atoms with Gasteiger partial charge in [-0.1, -0.05) is 18.2 Å². The van der Waals surface area contributed by atoms with Crippen molar-refractivity contribution < 1.29 is 5.11 Å². The Morgan fingerprint density at radius 1 is 1.31 bits per heavy atom. The van der Waals surface area contributed by atoms with E-state index in [2.05, 4.69) is 33.3 Å². The van der Waals surface area contributed by atoms with Gasteiger partial charge in [0.05, 0.1) is 17.5 Å². The first-order valence-corrected chi connectivity index (χ1v) is 9.20. The van der Waals surface area contributed by atoms with E-state index in [1.54, 1.807) is 4.57 Å². The second-order valence-corrected chi connectivity index (χ2v) is 6.94. The molecule has 3 heterocycles. The molecule has 6 nitrogen and oxygen atoms in total. The zero-order valence-corrected chi connectivity index (χ0v) is 15.0. The monoisotopic (exact) mass is 352 g/mol. The van der Waals surface area contributed by atoms with Gasteiger partial charge >= 0.3 is 0 Å². The van der Waals surface area contributed by atoms with Gasteiger partial charge in [-0.15, -0.1) is 0 Å². The van der Waals surface area contributed by atoms with Gasteiger partial charge in [0.1, 0.15) is 5.52 Å². The van der Waals surface area contributed by atoms with Gasteiger partial charge in [-0.2, -0.15) is 5.10 Å². The number of fused-ring (bicyclic) bond motifs is 3. The summed E-state index contributed by atoms with van der Waals surface area (Å²) in [6, 6.07) is 6.04. The lowest BCUT2D eigenvalue weighted by molar-refractivity contribution is 0.276. The number of likely N-dealkylation sites (tertiary alicyclic amines) is 1. The van der Waals surface area contributed by atoms with E-state index in [1.807, 2.05) is 19.1 Å². The molecule has 6 heteroatoms. The Labute approximate surface area is 151 Å². The number of nitrogens with one attached hydrogen (secondary N) is 1. The van der Waals surface area contributed by atoms with Gasteiger partial charge in [0.2, 0.25) is 0 Å². The summed E-state index contributed by atoms with van der Waals surface area (Å²) in [6.45, 7) is 5.39. The zero-order chi connectivity index (χ0) is 18.1. The fourth-order valence-electron chi connectivity index (χ4n) is 3.84. The van der Waals surface area contributed by atoms with Crippen LogP contribution in [0.3, 0.4) is 0 Å². The quantitative estimate of drug-likeness (QED) is 0.739. The Bertz CT molecular complexity index is 1030. The maximum atomic E-state index is 12.8. The number of benzene rings is 1. The first-order chi connectivity index (χ1) is 12.7. The molecule has 0 radical (unpaired) electrons. The Kier molecular flexibility index (Phi) is 4.61. The number of aliphatic hydroxyl groups is 1. The summed E-state index contributed by atoms with van der Waals surface area (Å²) >= 11 is 0. The molecule has 0 saturated carbocycles. The number of nitrogens with zero attached hydrogens (tertiary/aromatic N) is 3. The lowest BCUT2D eigenvalue weighted by atomic mass is 10.1. The van der Waals surface area contributed by atoms with Crippen molar-refractivity contribution in [2.45, 2.75) is 26.3 Å².